The Bertz CT molecular complexity index is 1090. The van der Waals surface area contributed by atoms with Gasteiger partial charge in [-0.3, -0.25) is 10.2 Å². The SMILES string of the molecule is CC1(C)OC[C@H](COc2ccnc(NC(=O)N3c4nc(C(=O)O)ccc4N4CC[C@H]3C4)c2)O1. The van der Waals surface area contributed by atoms with E-state index in [0.29, 0.717) is 37.1 Å². The summed E-state index contributed by atoms with van der Waals surface area (Å²) < 4.78 is 17.1. The fraction of sp³-hybridized carbons (Fsp3) is 0.455. The molecule has 2 saturated heterocycles. The van der Waals surface area contributed by atoms with Gasteiger partial charge in [-0.05, 0) is 38.5 Å². The van der Waals surface area contributed by atoms with Crippen LogP contribution in [0.5, 0.6) is 5.75 Å². The summed E-state index contributed by atoms with van der Waals surface area (Å²) in [5.41, 5.74) is 0.638. The molecule has 3 aliphatic rings. The van der Waals surface area contributed by atoms with E-state index in [2.05, 4.69) is 20.2 Å². The number of carboxylic acids is 1. The molecule has 11 heteroatoms. The molecule has 2 amide bonds. The van der Waals surface area contributed by atoms with Gasteiger partial charge < -0.3 is 24.2 Å². The average Bonchev–Trinajstić information content (AvgIpc) is 3.35. The molecule has 3 aliphatic heterocycles. The first-order valence-corrected chi connectivity index (χ1v) is 10.8. The van der Waals surface area contributed by atoms with E-state index in [1.165, 1.54) is 11.0 Å². The van der Waals surface area contributed by atoms with Crippen molar-refractivity contribution in [3.05, 3.63) is 36.2 Å². The minimum atomic E-state index is -1.14. The van der Waals surface area contributed by atoms with Gasteiger partial charge in [-0.2, -0.15) is 0 Å². The molecule has 0 spiro atoms. The van der Waals surface area contributed by atoms with Crippen molar-refractivity contribution in [1.29, 1.82) is 0 Å². The molecule has 0 radical (unpaired) electrons. The summed E-state index contributed by atoms with van der Waals surface area (Å²) in [4.78, 5) is 36.8. The van der Waals surface area contributed by atoms with Crippen LogP contribution < -0.4 is 19.9 Å². The Balaban J connectivity index is 1.31. The normalized spacial score (nSPS) is 22.7. The van der Waals surface area contributed by atoms with E-state index in [0.717, 1.165) is 18.7 Å². The molecule has 0 unspecified atom stereocenters. The number of hydrogen-bond acceptors (Lipinski definition) is 8. The predicted octanol–water partition coefficient (Wildman–Crippen LogP) is 2.34. The zero-order valence-corrected chi connectivity index (χ0v) is 18.4. The van der Waals surface area contributed by atoms with Crippen LogP contribution in [0.1, 0.15) is 30.8 Å². The first kappa shape index (κ1) is 21.4. The van der Waals surface area contributed by atoms with Gasteiger partial charge in [-0.15, -0.1) is 0 Å². The Morgan fingerprint density at radius 2 is 2.18 bits per heavy atom. The maximum Gasteiger partial charge on any atom is 0.354 e. The van der Waals surface area contributed by atoms with Gasteiger partial charge in [0, 0.05) is 25.4 Å². The number of nitrogens with zero attached hydrogens (tertiary/aromatic N) is 4. The topological polar surface area (TPSA) is 126 Å². The third kappa shape index (κ3) is 4.29. The Kier molecular flexibility index (Phi) is 5.29. The van der Waals surface area contributed by atoms with Crippen LogP contribution in [0, 0.1) is 0 Å². The lowest BCUT2D eigenvalue weighted by Gasteiger charge is -2.35. The first-order chi connectivity index (χ1) is 15.8. The van der Waals surface area contributed by atoms with Crippen molar-refractivity contribution < 1.29 is 28.9 Å². The van der Waals surface area contributed by atoms with Crippen LogP contribution in [0.3, 0.4) is 0 Å². The Hall–Kier alpha value is -3.44. The molecule has 2 aromatic rings. The molecule has 2 atom stereocenters. The van der Waals surface area contributed by atoms with Crippen LogP contribution in [0.15, 0.2) is 30.5 Å². The van der Waals surface area contributed by atoms with Gasteiger partial charge in [-0.1, -0.05) is 0 Å². The second-order valence-electron chi connectivity index (χ2n) is 8.67. The van der Waals surface area contributed by atoms with Gasteiger partial charge in [0.25, 0.3) is 0 Å². The molecule has 0 aromatic carbocycles. The summed E-state index contributed by atoms with van der Waals surface area (Å²) in [5, 5.41) is 12.1. The average molecular weight is 455 g/mol. The molecule has 5 rings (SSSR count). The molecule has 2 fully saturated rings. The summed E-state index contributed by atoms with van der Waals surface area (Å²) in [6.45, 7) is 5.90. The summed E-state index contributed by atoms with van der Waals surface area (Å²) in [7, 11) is 0. The van der Waals surface area contributed by atoms with E-state index in [9.17, 15) is 14.7 Å². The molecule has 33 heavy (non-hydrogen) atoms. The number of rotatable bonds is 5. The van der Waals surface area contributed by atoms with Gasteiger partial charge in [0.05, 0.1) is 18.3 Å². The maximum absolute atomic E-state index is 13.2. The Labute approximate surface area is 190 Å². The predicted molar refractivity (Wildman–Crippen MR) is 118 cm³/mol. The zero-order valence-electron chi connectivity index (χ0n) is 18.4. The third-order valence-corrected chi connectivity index (χ3v) is 5.86. The molecule has 2 N–H and O–H groups in total. The molecule has 0 saturated carbocycles. The lowest BCUT2D eigenvalue weighted by molar-refractivity contribution is -0.141. The van der Waals surface area contributed by atoms with Crippen molar-refractivity contribution in [3.63, 3.8) is 0 Å². The number of aromatic nitrogens is 2. The Morgan fingerprint density at radius 1 is 1.33 bits per heavy atom. The highest BCUT2D eigenvalue weighted by molar-refractivity contribution is 6.04. The highest BCUT2D eigenvalue weighted by atomic mass is 16.7. The summed E-state index contributed by atoms with van der Waals surface area (Å²) in [6.07, 6.45) is 2.13. The van der Waals surface area contributed by atoms with Crippen LogP contribution >= 0.6 is 0 Å². The summed E-state index contributed by atoms with van der Waals surface area (Å²) >= 11 is 0. The third-order valence-electron chi connectivity index (χ3n) is 5.86. The minimum absolute atomic E-state index is 0.101. The quantitative estimate of drug-likeness (QED) is 0.698. The molecular formula is C22H25N5O6. The highest BCUT2D eigenvalue weighted by Gasteiger charge is 2.40. The second kappa shape index (κ2) is 8.16. The van der Waals surface area contributed by atoms with E-state index in [1.54, 1.807) is 24.4 Å². The van der Waals surface area contributed by atoms with Crippen LogP contribution in [-0.2, 0) is 9.47 Å². The largest absolute Gasteiger partial charge is 0.491 e. The number of aromatic carboxylic acids is 1. The standard InChI is InChI=1S/C22H25N5O6/c1-22(2)32-12-15(33-22)11-31-14-5-7-23-18(9-14)25-21(30)27-13-6-8-26(10-13)17-4-3-16(20(28)29)24-19(17)27/h3-5,7,9,13,15H,6,8,10-12H2,1-2H3,(H,28,29)(H,23,25,30)/t13-,15-/m0/s1. The monoisotopic (exact) mass is 455 g/mol. The number of pyridine rings is 2. The lowest BCUT2D eigenvalue weighted by atomic mass is 10.2. The molecule has 2 bridgehead atoms. The molecular weight excluding hydrogens is 430 g/mol. The lowest BCUT2D eigenvalue weighted by Crippen LogP contribution is -2.48. The number of carboxylic acid groups (broad SMARTS) is 1. The van der Waals surface area contributed by atoms with Crippen molar-refractivity contribution in [2.75, 3.05) is 41.4 Å². The van der Waals surface area contributed by atoms with E-state index >= 15 is 0 Å². The van der Waals surface area contributed by atoms with Gasteiger partial charge >= 0.3 is 12.0 Å². The number of urea groups is 1. The van der Waals surface area contributed by atoms with E-state index < -0.39 is 17.8 Å². The highest BCUT2D eigenvalue weighted by Crippen LogP contribution is 2.39. The van der Waals surface area contributed by atoms with E-state index in [4.69, 9.17) is 14.2 Å². The number of fused-ring (bicyclic) bond motifs is 4. The summed E-state index contributed by atoms with van der Waals surface area (Å²) in [6, 6.07) is 5.97. The number of amides is 2. The van der Waals surface area contributed by atoms with Crippen molar-refractivity contribution >= 4 is 29.3 Å². The number of anilines is 3. The van der Waals surface area contributed by atoms with Crippen molar-refractivity contribution in [1.82, 2.24) is 9.97 Å². The molecule has 11 nitrogen and oxygen atoms in total. The van der Waals surface area contributed by atoms with Gasteiger partial charge in [0.15, 0.2) is 17.3 Å². The first-order valence-electron chi connectivity index (χ1n) is 10.8. The molecule has 2 aromatic heterocycles. The number of ether oxygens (including phenoxy) is 3. The molecule has 174 valence electrons. The van der Waals surface area contributed by atoms with Gasteiger partial charge in [0.1, 0.15) is 24.3 Å². The molecule has 5 heterocycles. The van der Waals surface area contributed by atoms with Crippen molar-refractivity contribution in [3.8, 4) is 5.75 Å². The van der Waals surface area contributed by atoms with Crippen molar-refractivity contribution in [2.24, 2.45) is 0 Å². The number of nitrogens with one attached hydrogen (secondary N) is 1. The van der Waals surface area contributed by atoms with Crippen LogP contribution in [0.25, 0.3) is 0 Å². The minimum Gasteiger partial charge on any atom is -0.491 e. The fourth-order valence-corrected chi connectivity index (χ4v) is 4.36. The Morgan fingerprint density at radius 3 is 2.94 bits per heavy atom. The van der Waals surface area contributed by atoms with Crippen LogP contribution in [0.2, 0.25) is 0 Å². The van der Waals surface area contributed by atoms with Gasteiger partial charge in [0.2, 0.25) is 0 Å². The van der Waals surface area contributed by atoms with Crippen LogP contribution in [-0.4, -0.2) is 71.3 Å². The summed E-state index contributed by atoms with van der Waals surface area (Å²) in [5.74, 6) is -0.573. The maximum atomic E-state index is 13.2. The van der Waals surface area contributed by atoms with Crippen LogP contribution in [0.4, 0.5) is 22.1 Å². The smallest absolute Gasteiger partial charge is 0.354 e. The molecule has 0 aliphatic carbocycles. The number of carbonyl (C=O) groups excluding carboxylic acids is 1. The van der Waals surface area contributed by atoms with E-state index in [1.807, 2.05) is 13.8 Å². The second-order valence-corrected chi connectivity index (χ2v) is 8.67. The number of carbonyl (C=O) groups is 2. The fourth-order valence-electron chi connectivity index (χ4n) is 4.36. The van der Waals surface area contributed by atoms with Gasteiger partial charge in [-0.25, -0.2) is 19.6 Å². The number of hydrogen-bond donors (Lipinski definition) is 2. The van der Waals surface area contributed by atoms with E-state index in [-0.39, 0.29) is 17.8 Å². The zero-order chi connectivity index (χ0) is 23.2. The van der Waals surface area contributed by atoms with Crippen molar-refractivity contribution in [2.45, 2.75) is 38.2 Å².